The number of amides is 1. The second kappa shape index (κ2) is 7.55. The molecular formula is C17H18N4OS2. The Labute approximate surface area is 150 Å². The fraction of sp³-hybridized carbons (Fsp3) is 0.235. The normalized spacial score (nSPS) is 13.4. The molecule has 24 heavy (non-hydrogen) atoms. The van der Waals surface area contributed by atoms with Crippen molar-refractivity contribution in [3.63, 3.8) is 0 Å². The monoisotopic (exact) mass is 358 g/mol. The first kappa shape index (κ1) is 16.6. The number of fused-ring (bicyclic) bond motifs is 1. The predicted octanol–water partition coefficient (Wildman–Crippen LogP) is 2.67. The molecule has 1 amide bonds. The van der Waals surface area contributed by atoms with Gasteiger partial charge in [0.15, 0.2) is 5.11 Å². The number of thiocarbonyl (C=S) groups is 1. The number of benzene rings is 1. The summed E-state index contributed by atoms with van der Waals surface area (Å²) >= 11 is 6.97. The number of carbonyl (C=O) groups excluding carboxylic acids is 1. The first-order chi connectivity index (χ1) is 11.6. The number of nitrogens with one attached hydrogen (secondary N) is 3. The van der Waals surface area contributed by atoms with Crippen LogP contribution in [0, 0.1) is 0 Å². The fourth-order valence-electron chi connectivity index (χ4n) is 2.45. The average molecular weight is 358 g/mol. The molecule has 0 fully saturated rings. The number of hydrazone groups is 1. The summed E-state index contributed by atoms with van der Waals surface area (Å²) in [5, 5.41) is 12.9. The molecule has 1 aromatic carbocycles. The van der Waals surface area contributed by atoms with Crippen LogP contribution >= 0.6 is 23.6 Å². The van der Waals surface area contributed by atoms with Crippen LogP contribution in [0.1, 0.15) is 22.9 Å². The molecule has 124 valence electrons. The number of nitrogens with zero attached hydrogens (tertiary/aromatic N) is 1. The lowest BCUT2D eigenvalue weighted by Crippen LogP contribution is -2.33. The topological polar surface area (TPSA) is 65.5 Å². The Morgan fingerprint density at radius 2 is 2.29 bits per heavy atom. The molecule has 0 bridgehead atoms. The van der Waals surface area contributed by atoms with E-state index in [-0.39, 0.29) is 5.91 Å². The summed E-state index contributed by atoms with van der Waals surface area (Å²) < 4.78 is 0. The highest BCUT2D eigenvalue weighted by Gasteiger charge is 2.17. The maximum atomic E-state index is 11.4. The Morgan fingerprint density at radius 3 is 3.08 bits per heavy atom. The van der Waals surface area contributed by atoms with E-state index in [0.29, 0.717) is 11.5 Å². The van der Waals surface area contributed by atoms with Crippen LogP contribution < -0.4 is 16.1 Å². The smallest absolute Gasteiger partial charge is 0.228 e. The van der Waals surface area contributed by atoms with Crippen LogP contribution in [0.15, 0.2) is 40.8 Å². The van der Waals surface area contributed by atoms with E-state index >= 15 is 0 Å². The van der Waals surface area contributed by atoms with E-state index in [1.165, 1.54) is 4.88 Å². The third kappa shape index (κ3) is 4.18. The van der Waals surface area contributed by atoms with Crippen molar-refractivity contribution in [1.82, 2.24) is 10.7 Å². The molecule has 2 aromatic rings. The number of hydrogen-bond acceptors (Lipinski definition) is 4. The first-order valence-corrected chi connectivity index (χ1v) is 8.94. The van der Waals surface area contributed by atoms with Gasteiger partial charge in [0.05, 0.1) is 12.1 Å². The lowest BCUT2D eigenvalue weighted by atomic mass is 10.1. The summed E-state index contributed by atoms with van der Waals surface area (Å²) in [5.74, 6) is 0.0333. The third-order valence-electron chi connectivity index (χ3n) is 3.71. The number of hydrogen-bond donors (Lipinski definition) is 3. The maximum Gasteiger partial charge on any atom is 0.228 e. The second-order valence-corrected chi connectivity index (χ2v) is 6.93. The van der Waals surface area contributed by atoms with Gasteiger partial charge in [-0.15, -0.1) is 11.3 Å². The summed E-state index contributed by atoms with van der Waals surface area (Å²) in [6, 6.07) is 9.99. The molecule has 0 atom stereocenters. The molecular weight excluding hydrogens is 340 g/mol. The van der Waals surface area contributed by atoms with Gasteiger partial charge >= 0.3 is 0 Å². The highest BCUT2D eigenvalue weighted by atomic mass is 32.1. The van der Waals surface area contributed by atoms with Crippen molar-refractivity contribution in [2.75, 3.05) is 11.9 Å². The summed E-state index contributed by atoms with van der Waals surface area (Å²) in [5.41, 5.74) is 6.55. The van der Waals surface area contributed by atoms with Crippen molar-refractivity contribution in [3.8, 4) is 0 Å². The highest BCUT2D eigenvalue weighted by molar-refractivity contribution is 7.80. The minimum atomic E-state index is 0.0333. The first-order valence-electron chi connectivity index (χ1n) is 7.65. The lowest BCUT2D eigenvalue weighted by Gasteiger charge is -2.08. The van der Waals surface area contributed by atoms with Gasteiger partial charge in [0, 0.05) is 17.1 Å². The molecule has 0 saturated heterocycles. The minimum Gasteiger partial charge on any atom is -0.361 e. The minimum absolute atomic E-state index is 0.0333. The Kier molecular flexibility index (Phi) is 5.22. The van der Waals surface area contributed by atoms with Gasteiger partial charge in [-0.3, -0.25) is 10.2 Å². The zero-order chi connectivity index (χ0) is 16.9. The molecule has 0 saturated carbocycles. The summed E-state index contributed by atoms with van der Waals surface area (Å²) in [6.07, 6.45) is 1.36. The fourth-order valence-corrected chi connectivity index (χ4v) is 3.30. The average Bonchev–Trinajstić information content (AvgIpc) is 3.20. The van der Waals surface area contributed by atoms with Gasteiger partial charge in [0.2, 0.25) is 5.91 Å². The highest BCUT2D eigenvalue weighted by Crippen LogP contribution is 2.24. The lowest BCUT2D eigenvalue weighted by molar-refractivity contribution is -0.115. The van der Waals surface area contributed by atoms with Gasteiger partial charge in [0.25, 0.3) is 0 Å². The second-order valence-electron chi connectivity index (χ2n) is 5.49. The summed E-state index contributed by atoms with van der Waals surface area (Å²) in [4.78, 5) is 12.7. The molecule has 0 unspecified atom stereocenters. The van der Waals surface area contributed by atoms with Crippen molar-refractivity contribution in [3.05, 3.63) is 51.7 Å². The van der Waals surface area contributed by atoms with Gasteiger partial charge < -0.3 is 10.6 Å². The molecule has 0 spiro atoms. The molecule has 0 aliphatic carbocycles. The number of rotatable bonds is 5. The van der Waals surface area contributed by atoms with E-state index < -0.39 is 0 Å². The summed E-state index contributed by atoms with van der Waals surface area (Å²) in [7, 11) is 0. The Morgan fingerprint density at radius 1 is 1.42 bits per heavy atom. The largest absolute Gasteiger partial charge is 0.361 e. The Bertz CT molecular complexity index is 784. The van der Waals surface area contributed by atoms with Crippen molar-refractivity contribution in [2.24, 2.45) is 5.10 Å². The number of carbonyl (C=O) groups is 1. The van der Waals surface area contributed by atoms with Crippen molar-refractivity contribution in [1.29, 1.82) is 0 Å². The van der Waals surface area contributed by atoms with Gasteiger partial charge in [-0.05, 0) is 60.3 Å². The zero-order valence-corrected chi connectivity index (χ0v) is 14.9. The van der Waals surface area contributed by atoms with Crippen LogP contribution in [0.3, 0.4) is 0 Å². The predicted molar refractivity (Wildman–Crippen MR) is 103 cm³/mol. The van der Waals surface area contributed by atoms with E-state index in [4.69, 9.17) is 12.2 Å². The molecule has 1 aliphatic heterocycles. The quantitative estimate of drug-likeness (QED) is 0.437. The van der Waals surface area contributed by atoms with Crippen LogP contribution in [0.5, 0.6) is 0 Å². The van der Waals surface area contributed by atoms with E-state index in [0.717, 1.165) is 35.5 Å². The number of thiophene rings is 1. The molecule has 2 heterocycles. The Hall–Kier alpha value is -2.25. The SMILES string of the molecule is C/C(=N\NC(=S)NCCc1cccs1)c1ccc2c(c1)CC(=O)N2. The van der Waals surface area contributed by atoms with Crippen LogP contribution in [-0.4, -0.2) is 23.3 Å². The number of anilines is 1. The van der Waals surface area contributed by atoms with Crippen molar-refractivity contribution >= 4 is 46.0 Å². The van der Waals surface area contributed by atoms with E-state index in [9.17, 15) is 4.79 Å². The molecule has 0 radical (unpaired) electrons. The van der Waals surface area contributed by atoms with E-state index in [2.05, 4.69) is 32.6 Å². The van der Waals surface area contributed by atoms with E-state index in [1.54, 1.807) is 11.3 Å². The molecule has 1 aliphatic rings. The third-order valence-corrected chi connectivity index (χ3v) is 4.88. The van der Waals surface area contributed by atoms with Gasteiger partial charge in [0.1, 0.15) is 0 Å². The van der Waals surface area contributed by atoms with Gasteiger partial charge in [-0.25, -0.2) is 0 Å². The maximum absolute atomic E-state index is 11.4. The summed E-state index contributed by atoms with van der Waals surface area (Å²) in [6.45, 7) is 2.68. The molecule has 3 rings (SSSR count). The molecule has 7 heteroatoms. The molecule has 1 aromatic heterocycles. The zero-order valence-electron chi connectivity index (χ0n) is 13.3. The molecule has 3 N–H and O–H groups in total. The van der Waals surface area contributed by atoms with Crippen molar-refractivity contribution in [2.45, 2.75) is 19.8 Å². The van der Waals surface area contributed by atoms with Crippen LogP contribution in [0.4, 0.5) is 5.69 Å². The van der Waals surface area contributed by atoms with Crippen LogP contribution in [-0.2, 0) is 17.6 Å². The van der Waals surface area contributed by atoms with Crippen LogP contribution in [0.2, 0.25) is 0 Å². The van der Waals surface area contributed by atoms with E-state index in [1.807, 2.05) is 31.2 Å². The molecule has 5 nitrogen and oxygen atoms in total. The van der Waals surface area contributed by atoms with Crippen molar-refractivity contribution < 1.29 is 4.79 Å². The van der Waals surface area contributed by atoms with Crippen LogP contribution in [0.25, 0.3) is 0 Å². The Balaban J connectivity index is 1.51. The van der Waals surface area contributed by atoms with Gasteiger partial charge in [-0.1, -0.05) is 12.1 Å². The standard InChI is InChI=1S/C17H18N4OS2/c1-11(12-4-5-15-13(9-12)10-16(22)19-15)20-21-17(23)18-7-6-14-3-2-8-24-14/h2-5,8-9H,6-7,10H2,1H3,(H,19,22)(H2,18,21,23)/b20-11+. The van der Waals surface area contributed by atoms with Gasteiger partial charge in [-0.2, -0.15) is 5.10 Å².